The van der Waals surface area contributed by atoms with Crippen LogP contribution < -0.4 is 9.47 Å². The minimum Gasteiger partial charge on any atom is -0.490 e. The molecule has 0 atom stereocenters. The van der Waals surface area contributed by atoms with Crippen LogP contribution in [-0.4, -0.2) is 29.3 Å². The lowest BCUT2D eigenvalue weighted by Gasteiger charge is -2.11. The van der Waals surface area contributed by atoms with E-state index in [0.29, 0.717) is 25.4 Å². The fourth-order valence-electron chi connectivity index (χ4n) is 1.97. The van der Waals surface area contributed by atoms with Gasteiger partial charge in [-0.15, -0.1) is 11.3 Å². The second-order valence-corrected chi connectivity index (χ2v) is 5.42. The molecular formula is C16H19NO4S. The first-order chi connectivity index (χ1) is 10.6. The molecule has 0 aliphatic rings. The molecule has 0 spiro atoms. The lowest BCUT2D eigenvalue weighted by Crippen LogP contribution is -1.99. The molecule has 0 aliphatic carbocycles. The van der Waals surface area contributed by atoms with Crippen molar-refractivity contribution >= 4 is 17.3 Å². The number of aryl methyl sites for hydroxylation is 1. The predicted molar refractivity (Wildman–Crippen MR) is 85.8 cm³/mol. The highest BCUT2D eigenvalue weighted by Crippen LogP contribution is 2.34. The maximum Gasteiger partial charge on any atom is 0.303 e. The van der Waals surface area contributed by atoms with Crippen LogP contribution in [0.2, 0.25) is 0 Å². The van der Waals surface area contributed by atoms with Crippen LogP contribution >= 0.6 is 11.3 Å². The van der Waals surface area contributed by atoms with Crippen molar-refractivity contribution in [3.05, 3.63) is 29.3 Å². The van der Waals surface area contributed by atoms with E-state index < -0.39 is 5.97 Å². The highest BCUT2D eigenvalue weighted by Gasteiger charge is 2.11. The number of aliphatic carboxylic acids is 1. The van der Waals surface area contributed by atoms with E-state index in [0.717, 1.165) is 22.0 Å². The molecule has 0 amide bonds. The van der Waals surface area contributed by atoms with Crippen LogP contribution in [0.3, 0.4) is 0 Å². The summed E-state index contributed by atoms with van der Waals surface area (Å²) in [4.78, 5) is 15.1. The average molecular weight is 321 g/mol. The van der Waals surface area contributed by atoms with Gasteiger partial charge in [-0.2, -0.15) is 0 Å². The number of carboxylic acid groups (broad SMARTS) is 1. The van der Waals surface area contributed by atoms with Gasteiger partial charge in [-0.3, -0.25) is 4.79 Å². The third kappa shape index (κ3) is 4.21. The summed E-state index contributed by atoms with van der Waals surface area (Å²) in [5.41, 5.74) is 1.74. The fourth-order valence-corrected chi connectivity index (χ4v) is 2.82. The van der Waals surface area contributed by atoms with E-state index in [-0.39, 0.29) is 6.42 Å². The molecule has 0 radical (unpaired) electrons. The van der Waals surface area contributed by atoms with Gasteiger partial charge in [0.05, 0.1) is 25.3 Å². The smallest absolute Gasteiger partial charge is 0.303 e. The van der Waals surface area contributed by atoms with Crippen molar-refractivity contribution in [1.82, 2.24) is 4.98 Å². The van der Waals surface area contributed by atoms with Crippen LogP contribution in [-0.2, 0) is 11.2 Å². The molecule has 0 bridgehead atoms. The maximum atomic E-state index is 10.6. The van der Waals surface area contributed by atoms with Crippen molar-refractivity contribution in [2.45, 2.75) is 26.7 Å². The maximum absolute atomic E-state index is 10.6. The molecule has 0 aliphatic heterocycles. The van der Waals surface area contributed by atoms with Gasteiger partial charge in [0.2, 0.25) is 0 Å². The Labute approximate surface area is 133 Å². The molecule has 0 fully saturated rings. The summed E-state index contributed by atoms with van der Waals surface area (Å²) < 4.78 is 11.2. The molecule has 0 saturated heterocycles. The Balaban J connectivity index is 2.21. The number of carbonyl (C=O) groups is 1. The average Bonchev–Trinajstić information content (AvgIpc) is 2.96. The van der Waals surface area contributed by atoms with Crippen LogP contribution in [0, 0.1) is 0 Å². The summed E-state index contributed by atoms with van der Waals surface area (Å²) in [6.07, 6.45) is 0.540. The summed E-state index contributed by atoms with van der Waals surface area (Å²) in [7, 11) is 0. The quantitative estimate of drug-likeness (QED) is 0.804. The van der Waals surface area contributed by atoms with Crippen molar-refractivity contribution in [1.29, 1.82) is 0 Å². The highest BCUT2D eigenvalue weighted by atomic mass is 32.1. The van der Waals surface area contributed by atoms with E-state index >= 15 is 0 Å². The van der Waals surface area contributed by atoms with E-state index in [4.69, 9.17) is 14.6 Å². The van der Waals surface area contributed by atoms with Crippen molar-refractivity contribution in [3.63, 3.8) is 0 Å². The molecule has 1 aromatic heterocycles. The van der Waals surface area contributed by atoms with Gasteiger partial charge in [0, 0.05) is 17.4 Å². The number of benzene rings is 1. The molecule has 6 heteroatoms. The van der Waals surface area contributed by atoms with Crippen LogP contribution in [0.4, 0.5) is 0 Å². The van der Waals surface area contributed by atoms with Gasteiger partial charge in [-0.05, 0) is 32.0 Å². The van der Waals surface area contributed by atoms with Gasteiger partial charge >= 0.3 is 5.97 Å². The summed E-state index contributed by atoms with van der Waals surface area (Å²) in [6, 6.07) is 5.73. The molecule has 1 N–H and O–H groups in total. The van der Waals surface area contributed by atoms with Crippen LogP contribution in [0.1, 0.15) is 26.0 Å². The third-order valence-corrected chi connectivity index (χ3v) is 3.88. The van der Waals surface area contributed by atoms with Crippen LogP contribution in [0.15, 0.2) is 23.6 Å². The standard InChI is InChI=1S/C16H19NO4S/c1-3-20-13-7-5-11(9-14(13)21-4-2)16-17-12(10-22-16)6-8-15(18)19/h5,7,9-10H,3-4,6,8H2,1-2H3,(H,18,19). The first-order valence-corrected chi connectivity index (χ1v) is 8.08. The van der Waals surface area contributed by atoms with Gasteiger partial charge in [-0.25, -0.2) is 4.98 Å². The largest absolute Gasteiger partial charge is 0.490 e. The summed E-state index contributed by atoms with van der Waals surface area (Å²) >= 11 is 1.50. The molecule has 118 valence electrons. The van der Waals surface area contributed by atoms with Crippen LogP contribution in [0.25, 0.3) is 10.6 Å². The number of nitrogens with zero attached hydrogens (tertiary/aromatic N) is 1. The predicted octanol–water partition coefficient (Wildman–Crippen LogP) is 3.62. The zero-order chi connectivity index (χ0) is 15.9. The molecule has 2 aromatic rings. The second-order valence-electron chi connectivity index (χ2n) is 4.57. The molecular weight excluding hydrogens is 302 g/mol. The number of carboxylic acids is 1. The Kier molecular flexibility index (Phi) is 5.77. The topological polar surface area (TPSA) is 68.7 Å². The van der Waals surface area contributed by atoms with Gasteiger partial charge in [-0.1, -0.05) is 0 Å². The highest BCUT2D eigenvalue weighted by molar-refractivity contribution is 7.13. The minimum absolute atomic E-state index is 0.0939. The lowest BCUT2D eigenvalue weighted by molar-refractivity contribution is -0.136. The second kappa shape index (κ2) is 7.79. The Morgan fingerprint density at radius 1 is 1.23 bits per heavy atom. The number of ether oxygens (including phenoxy) is 2. The zero-order valence-corrected chi connectivity index (χ0v) is 13.5. The molecule has 22 heavy (non-hydrogen) atoms. The summed E-state index contributed by atoms with van der Waals surface area (Å²) in [5.74, 6) is 0.606. The minimum atomic E-state index is -0.811. The number of rotatable bonds is 8. The van der Waals surface area contributed by atoms with Crippen molar-refractivity contribution in [3.8, 4) is 22.1 Å². The van der Waals surface area contributed by atoms with Gasteiger partial charge in [0.25, 0.3) is 0 Å². The lowest BCUT2D eigenvalue weighted by atomic mass is 10.2. The zero-order valence-electron chi connectivity index (χ0n) is 12.7. The Bertz CT molecular complexity index is 639. The van der Waals surface area contributed by atoms with Gasteiger partial charge in [0.15, 0.2) is 11.5 Å². The van der Waals surface area contributed by atoms with Gasteiger partial charge < -0.3 is 14.6 Å². The molecule has 2 rings (SSSR count). The molecule has 1 heterocycles. The first-order valence-electron chi connectivity index (χ1n) is 7.20. The monoisotopic (exact) mass is 321 g/mol. The Hall–Kier alpha value is -2.08. The summed E-state index contributed by atoms with van der Waals surface area (Å²) in [6.45, 7) is 5.00. The molecule has 0 saturated carbocycles. The first kappa shape index (κ1) is 16.3. The molecule has 0 unspecified atom stereocenters. The Morgan fingerprint density at radius 3 is 2.64 bits per heavy atom. The number of thiazole rings is 1. The fraction of sp³-hybridized carbons (Fsp3) is 0.375. The van der Waals surface area contributed by atoms with E-state index in [9.17, 15) is 4.79 Å². The van der Waals surface area contributed by atoms with E-state index in [1.807, 2.05) is 37.4 Å². The van der Waals surface area contributed by atoms with Crippen molar-refractivity contribution in [2.24, 2.45) is 0 Å². The van der Waals surface area contributed by atoms with E-state index in [1.165, 1.54) is 11.3 Å². The third-order valence-electron chi connectivity index (χ3n) is 2.94. The number of aromatic nitrogens is 1. The van der Waals surface area contributed by atoms with Crippen LogP contribution in [0.5, 0.6) is 11.5 Å². The summed E-state index contributed by atoms with van der Waals surface area (Å²) in [5, 5.41) is 11.5. The SMILES string of the molecule is CCOc1ccc(-c2nc(CCC(=O)O)cs2)cc1OCC. The normalized spacial score (nSPS) is 10.5. The van der Waals surface area contributed by atoms with E-state index in [1.54, 1.807) is 0 Å². The van der Waals surface area contributed by atoms with Crippen molar-refractivity contribution < 1.29 is 19.4 Å². The van der Waals surface area contributed by atoms with Gasteiger partial charge in [0.1, 0.15) is 5.01 Å². The molecule has 1 aromatic carbocycles. The number of hydrogen-bond acceptors (Lipinski definition) is 5. The Morgan fingerprint density at radius 2 is 1.95 bits per heavy atom. The van der Waals surface area contributed by atoms with E-state index in [2.05, 4.69) is 4.98 Å². The number of hydrogen-bond donors (Lipinski definition) is 1. The molecule has 5 nitrogen and oxygen atoms in total. The van der Waals surface area contributed by atoms with Crippen molar-refractivity contribution in [2.75, 3.05) is 13.2 Å².